The zero-order valence-corrected chi connectivity index (χ0v) is 20.6. The molecule has 6 nitrogen and oxygen atoms in total. The third kappa shape index (κ3) is 6.62. The van der Waals surface area contributed by atoms with Crippen molar-refractivity contribution in [2.24, 2.45) is 0 Å². The van der Waals surface area contributed by atoms with E-state index < -0.39 is 22.0 Å². The van der Waals surface area contributed by atoms with E-state index in [2.05, 4.69) is 10.0 Å². The Morgan fingerprint density at radius 1 is 0.970 bits per heavy atom. The lowest BCUT2D eigenvalue weighted by atomic mass is 10.1. The highest BCUT2D eigenvalue weighted by atomic mass is 35.5. The first-order valence-electron chi connectivity index (χ1n) is 9.94. The monoisotopic (exact) mass is 526 g/mol. The first-order valence-corrected chi connectivity index (χ1v) is 12.6. The number of hydrogen-bond donors (Lipinski definition) is 2. The fourth-order valence-electron chi connectivity index (χ4n) is 3.03. The molecular formula is C23H21Cl3N2O4S. The molecule has 3 aromatic carbocycles. The number of halogens is 3. The summed E-state index contributed by atoms with van der Waals surface area (Å²) in [6.45, 7) is 2.18. The van der Waals surface area contributed by atoms with Crippen LogP contribution in [0.1, 0.15) is 12.5 Å². The highest BCUT2D eigenvalue weighted by molar-refractivity contribution is 7.89. The molecule has 1 amide bonds. The van der Waals surface area contributed by atoms with Gasteiger partial charge in [0, 0.05) is 0 Å². The number of carbonyl (C=O) groups excluding carboxylic acids is 1. The molecule has 0 aliphatic carbocycles. The third-order valence-corrected chi connectivity index (χ3v) is 7.20. The molecule has 0 unspecified atom stereocenters. The number of ether oxygens (including phenoxy) is 1. The fourth-order valence-corrected chi connectivity index (χ4v) is 4.90. The van der Waals surface area contributed by atoms with E-state index in [1.807, 2.05) is 6.07 Å². The summed E-state index contributed by atoms with van der Waals surface area (Å²) in [6, 6.07) is 16.8. The predicted molar refractivity (Wildman–Crippen MR) is 132 cm³/mol. The molecule has 33 heavy (non-hydrogen) atoms. The lowest BCUT2D eigenvalue weighted by molar-refractivity contribution is -0.117. The molecule has 0 aliphatic heterocycles. The number of rotatable bonds is 9. The minimum Gasteiger partial charge on any atom is -0.492 e. The minimum atomic E-state index is -4.10. The molecule has 1 atom stereocenters. The summed E-state index contributed by atoms with van der Waals surface area (Å²) in [5.74, 6) is -0.226. The van der Waals surface area contributed by atoms with Crippen molar-refractivity contribution in [2.45, 2.75) is 24.3 Å². The zero-order valence-electron chi connectivity index (χ0n) is 17.5. The maximum Gasteiger partial charge on any atom is 0.242 e. The summed E-state index contributed by atoms with van der Waals surface area (Å²) in [6.07, 6.45) is 0.106. The lowest BCUT2D eigenvalue weighted by Crippen LogP contribution is -2.45. The Balaban J connectivity index is 1.89. The van der Waals surface area contributed by atoms with Gasteiger partial charge in [0.25, 0.3) is 0 Å². The molecule has 0 aromatic heterocycles. The van der Waals surface area contributed by atoms with Crippen LogP contribution < -0.4 is 14.8 Å². The van der Waals surface area contributed by atoms with Gasteiger partial charge in [-0.05, 0) is 49.2 Å². The van der Waals surface area contributed by atoms with Crippen molar-refractivity contribution in [1.29, 1.82) is 0 Å². The number of sulfonamides is 1. The molecule has 0 bridgehead atoms. The molecule has 0 saturated heterocycles. The molecule has 0 fully saturated rings. The largest absolute Gasteiger partial charge is 0.492 e. The number of benzene rings is 3. The van der Waals surface area contributed by atoms with Gasteiger partial charge in [-0.3, -0.25) is 4.79 Å². The lowest BCUT2D eigenvalue weighted by Gasteiger charge is -2.20. The van der Waals surface area contributed by atoms with E-state index in [0.717, 1.165) is 5.56 Å². The second-order valence-corrected chi connectivity index (χ2v) is 9.89. The van der Waals surface area contributed by atoms with Crippen molar-refractivity contribution in [2.75, 3.05) is 11.9 Å². The maximum atomic E-state index is 13.1. The Morgan fingerprint density at radius 2 is 1.70 bits per heavy atom. The van der Waals surface area contributed by atoms with Gasteiger partial charge in [0.2, 0.25) is 15.9 Å². The Kier molecular flexibility index (Phi) is 8.62. The quantitative estimate of drug-likeness (QED) is 0.381. The summed E-state index contributed by atoms with van der Waals surface area (Å²) in [4.78, 5) is 13.0. The fraction of sp³-hybridized carbons (Fsp3) is 0.174. The van der Waals surface area contributed by atoms with E-state index >= 15 is 0 Å². The smallest absolute Gasteiger partial charge is 0.242 e. The van der Waals surface area contributed by atoms with Crippen LogP contribution in [0.25, 0.3) is 0 Å². The van der Waals surface area contributed by atoms with Crippen LogP contribution in [-0.2, 0) is 21.2 Å². The molecule has 3 rings (SSSR count). The van der Waals surface area contributed by atoms with Crippen LogP contribution in [0, 0.1) is 0 Å². The number of nitrogens with one attached hydrogen (secondary N) is 2. The van der Waals surface area contributed by atoms with Crippen LogP contribution in [0.4, 0.5) is 5.69 Å². The maximum absolute atomic E-state index is 13.1. The van der Waals surface area contributed by atoms with Crippen molar-refractivity contribution in [3.63, 3.8) is 0 Å². The molecule has 10 heteroatoms. The van der Waals surface area contributed by atoms with Crippen LogP contribution in [0.15, 0.2) is 71.6 Å². The Hall–Kier alpha value is -2.29. The van der Waals surface area contributed by atoms with E-state index in [9.17, 15) is 13.2 Å². The molecule has 2 N–H and O–H groups in total. The van der Waals surface area contributed by atoms with Crippen LogP contribution in [0.5, 0.6) is 5.75 Å². The number of amides is 1. The highest BCUT2D eigenvalue weighted by Crippen LogP contribution is 2.30. The number of carbonyl (C=O) groups is 1. The van der Waals surface area contributed by atoms with Gasteiger partial charge in [0.1, 0.15) is 11.8 Å². The van der Waals surface area contributed by atoms with E-state index in [4.69, 9.17) is 39.5 Å². The summed E-state index contributed by atoms with van der Waals surface area (Å²) in [5, 5.41) is 3.22. The topological polar surface area (TPSA) is 84.5 Å². The molecule has 0 aliphatic rings. The van der Waals surface area contributed by atoms with Crippen molar-refractivity contribution >= 4 is 56.4 Å². The molecule has 3 aromatic rings. The van der Waals surface area contributed by atoms with Crippen molar-refractivity contribution < 1.29 is 17.9 Å². The minimum absolute atomic E-state index is 0.0948. The molecule has 0 spiro atoms. The number of anilines is 1. The summed E-state index contributed by atoms with van der Waals surface area (Å²) in [5.41, 5.74) is 1.04. The Morgan fingerprint density at radius 3 is 2.36 bits per heavy atom. The third-order valence-electron chi connectivity index (χ3n) is 4.62. The van der Waals surface area contributed by atoms with Crippen LogP contribution in [0.3, 0.4) is 0 Å². The first-order chi connectivity index (χ1) is 15.7. The molecule has 0 saturated carbocycles. The van der Waals surface area contributed by atoms with Crippen LogP contribution in [0.2, 0.25) is 15.1 Å². The Labute approximate surface area is 207 Å². The van der Waals surface area contributed by atoms with Crippen molar-refractivity contribution in [3.05, 3.63) is 87.4 Å². The molecule has 0 heterocycles. The van der Waals surface area contributed by atoms with Crippen LogP contribution in [-0.4, -0.2) is 27.0 Å². The van der Waals surface area contributed by atoms with Gasteiger partial charge in [0.15, 0.2) is 0 Å². The standard InChI is InChI=1S/C23H21Cl3N2O4S/c1-2-32-21-12-11-16(14-18(21)25)33(30,31)28-20(13-15-7-4-3-5-8-15)23(29)27-19-10-6-9-17(24)22(19)26/h3-12,14,20,28H,2,13H2,1H3,(H,27,29)/t20-/m1/s1. The summed E-state index contributed by atoms with van der Waals surface area (Å²) >= 11 is 18.4. The number of hydrogen-bond acceptors (Lipinski definition) is 4. The zero-order chi connectivity index (χ0) is 24.0. The second kappa shape index (κ2) is 11.2. The van der Waals surface area contributed by atoms with Gasteiger partial charge in [0.05, 0.1) is 32.3 Å². The van der Waals surface area contributed by atoms with Crippen molar-refractivity contribution in [3.8, 4) is 5.75 Å². The average Bonchev–Trinajstić information content (AvgIpc) is 2.78. The highest BCUT2D eigenvalue weighted by Gasteiger charge is 2.27. The predicted octanol–water partition coefficient (Wildman–Crippen LogP) is 5.57. The van der Waals surface area contributed by atoms with E-state index in [1.165, 1.54) is 18.2 Å². The van der Waals surface area contributed by atoms with E-state index in [0.29, 0.717) is 12.4 Å². The van der Waals surface area contributed by atoms with Crippen molar-refractivity contribution in [1.82, 2.24) is 4.72 Å². The summed E-state index contributed by atoms with van der Waals surface area (Å²) < 4.78 is 34.0. The van der Waals surface area contributed by atoms with E-state index in [-0.39, 0.29) is 32.1 Å². The second-order valence-electron chi connectivity index (χ2n) is 6.98. The molecule has 0 radical (unpaired) electrons. The average molecular weight is 528 g/mol. The molecular weight excluding hydrogens is 507 g/mol. The van der Waals surface area contributed by atoms with Crippen LogP contribution >= 0.6 is 34.8 Å². The van der Waals surface area contributed by atoms with Gasteiger partial charge >= 0.3 is 0 Å². The van der Waals surface area contributed by atoms with Gasteiger partial charge < -0.3 is 10.1 Å². The first kappa shape index (κ1) is 25.3. The molecule has 174 valence electrons. The SMILES string of the molecule is CCOc1ccc(S(=O)(=O)N[C@H](Cc2ccccc2)C(=O)Nc2cccc(Cl)c2Cl)cc1Cl. The van der Waals surface area contributed by atoms with Gasteiger partial charge in [-0.2, -0.15) is 4.72 Å². The summed E-state index contributed by atoms with van der Waals surface area (Å²) in [7, 11) is -4.10. The van der Waals surface area contributed by atoms with Gasteiger partial charge in [-0.1, -0.05) is 71.2 Å². The van der Waals surface area contributed by atoms with E-state index in [1.54, 1.807) is 49.4 Å². The van der Waals surface area contributed by atoms with Gasteiger partial charge in [-0.15, -0.1) is 0 Å². The normalized spacial score (nSPS) is 12.2. The van der Waals surface area contributed by atoms with Gasteiger partial charge in [-0.25, -0.2) is 8.42 Å². The Bertz CT molecular complexity index is 1240.